The van der Waals surface area contributed by atoms with E-state index in [2.05, 4.69) is 72.6 Å². The molecule has 20 nitrogen and oxygen atoms in total. The van der Waals surface area contributed by atoms with Crippen LogP contribution in [0.2, 0.25) is 5.02 Å². The van der Waals surface area contributed by atoms with Crippen LogP contribution >= 0.6 is 11.6 Å². The normalized spacial score (nSPS) is 20.1. The molecular formula is C61H68ClF3N14O6. The van der Waals surface area contributed by atoms with Crippen molar-refractivity contribution in [3.8, 4) is 40.7 Å². The second kappa shape index (κ2) is 24.9. The van der Waals surface area contributed by atoms with Gasteiger partial charge in [0.1, 0.15) is 30.5 Å². The minimum Gasteiger partial charge on any atom is -0.508 e. The lowest BCUT2D eigenvalue weighted by molar-refractivity contribution is -0.139. The Bertz CT molecular complexity index is 3520. The third-order valence-electron chi connectivity index (χ3n) is 17.4. The fourth-order valence-electron chi connectivity index (χ4n) is 12.8. The minimum atomic E-state index is -4.66. The number of anilines is 2. The number of amides is 3. The Hall–Kier alpha value is -8.04. The van der Waals surface area contributed by atoms with E-state index < -0.39 is 24.5 Å². The molecule has 0 saturated carbocycles. The summed E-state index contributed by atoms with van der Waals surface area (Å²) in [5.41, 5.74) is 4.74. The lowest BCUT2D eigenvalue weighted by Gasteiger charge is -2.42. The molecule has 0 spiro atoms. The summed E-state index contributed by atoms with van der Waals surface area (Å²) in [4.78, 5) is 65.5. The van der Waals surface area contributed by atoms with Crippen LogP contribution in [-0.2, 0) is 29.1 Å². The minimum absolute atomic E-state index is 0.00935. The highest BCUT2D eigenvalue weighted by Crippen LogP contribution is 2.39. The fourth-order valence-corrected chi connectivity index (χ4v) is 13.0. The number of piperidine rings is 1. The first-order valence-electron chi connectivity index (χ1n) is 28.8. The number of carbonyl (C=O) groups is 3. The highest BCUT2D eigenvalue weighted by atomic mass is 35.5. The summed E-state index contributed by atoms with van der Waals surface area (Å²) in [6, 6.07) is 24.4. The Kier molecular flexibility index (Phi) is 17.2. The number of benzene rings is 4. The summed E-state index contributed by atoms with van der Waals surface area (Å²) in [6.07, 6.45) is -0.0602. The number of ether oxygens (including phenoxy) is 1. The zero-order valence-corrected chi connectivity index (χ0v) is 48.3. The van der Waals surface area contributed by atoms with Crippen molar-refractivity contribution in [3.05, 3.63) is 119 Å². The molecule has 3 N–H and O–H groups in total. The smallest absolute Gasteiger partial charge is 0.405 e. The predicted molar refractivity (Wildman–Crippen MR) is 314 cm³/mol. The monoisotopic (exact) mass is 1180 g/mol. The lowest BCUT2D eigenvalue weighted by Crippen LogP contribution is -2.55. The van der Waals surface area contributed by atoms with Gasteiger partial charge >= 0.3 is 12.2 Å². The predicted octanol–water partition coefficient (Wildman–Crippen LogP) is 6.73. The molecule has 11 rings (SSSR count). The number of hydrogen-bond donors (Lipinski definition) is 3. The van der Waals surface area contributed by atoms with Crippen molar-refractivity contribution in [3.63, 3.8) is 0 Å². The van der Waals surface area contributed by atoms with Gasteiger partial charge in [-0.3, -0.25) is 33.7 Å². The number of halogens is 4. The molecule has 4 aromatic carbocycles. The number of nitrogens with zero attached hydrogens (tertiary/aromatic N) is 13. The Balaban J connectivity index is 0.691. The molecule has 6 aromatic rings. The Morgan fingerprint density at radius 2 is 1.65 bits per heavy atom. The Labute approximate surface area is 495 Å². The van der Waals surface area contributed by atoms with Crippen LogP contribution in [0.5, 0.6) is 17.5 Å². The first-order chi connectivity index (χ1) is 40.9. The van der Waals surface area contributed by atoms with Crippen LogP contribution in [0.3, 0.4) is 0 Å². The molecule has 24 heteroatoms. The number of nitrogens with one attached hydrogen (secondary N) is 1. The van der Waals surface area contributed by atoms with Gasteiger partial charge in [0.25, 0.3) is 5.91 Å². The second-order valence-corrected chi connectivity index (χ2v) is 23.2. The summed E-state index contributed by atoms with van der Waals surface area (Å²) in [5.74, 6) is -1.37. The number of phenols is 2. The van der Waals surface area contributed by atoms with Crippen molar-refractivity contribution in [2.45, 2.75) is 76.4 Å². The number of hydrogen-bond acceptors (Lipinski definition) is 16. The second-order valence-electron chi connectivity index (χ2n) is 22.7. The number of phenolic OH excluding ortho intramolecular Hbond substituents is 2. The molecule has 3 amide bonds. The van der Waals surface area contributed by atoms with Gasteiger partial charge in [-0.1, -0.05) is 54.6 Å². The standard InChI is InChI=1S/C61H68ClF3N14O6/c1-4-53(82)78-28-27-77(34-43(78)15-19-66)55-46-18-22-76(50-10-6-8-40-7-5-9-48(62)54(40)50)35-49(46)68-60(69-55)85-36-45-30-44(33-72(45)3)74-20-16-41(17-21-74)59(84)75-25-23-73(24-26-75)32-39-11-13-42(14-12-39)79-56(47-29-38(2)51(80)31-52(47)81)70-71-57(79)58(83)67-37-61(63,64)65/h4-14,29,31,41,43-45,80-81H,1,15-18,20-28,30,32-37H2,2-3H3,(H,67,83)/t43-,44-,45-/m0/s1. The van der Waals surface area contributed by atoms with Gasteiger partial charge in [-0.05, 0) is 106 Å². The summed E-state index contributed by atoms with van der Waals surface area (Å²) >= 11 is 6.82. The molecule has 7 heterocycles. The number of carbonyl (C=O) groups excluding carboxylic acids is 3. The number of likely N-dealkylation sites (N-methyl/N-ethyl adjacent to an activating group) is 1. The molecule has 3 atom stereocenters. The van der Waals surface area contributed by atoms with Gasteiger partial charge < -0.3 is 39.9 Å². The molecule has 446 valence electrons. The molecule has 85 heavy (non-hydrogen) atoms. The number of piperazine rings is 2. The van der Waals surface area contributed by atoms with E-state index in [1.165, 1.54) is 16.7 Å². The Morgan fingerprint density at radius 3 is 2.38 bits per heavy atom. The Morgan fingerprint density at radius 1 is 0.894 bits per heavy atom. The topological polar surface area (TPSA) is 216 Å². The average molecular weight is 1190 g/mol. The van der Waals surface area contributed by atoms with Crippen LogP contribution in [0.4, 0.5) is 24.7 Å². The largest absolute Gasteiger partial charge is 0.508 e. The van der Waals surface area contributed by atoms with Gasteiger partial charge in [0.15, 0.2) is 5.82 Å². The number of aryl methyl sites for hydroxylation is 1. The van der Waals surface area contributed by atoms with Crippen LogP contribution in [-0.4, -0.2) is 194 Å². The lowest BCUT2D eigenvalue weighted by atomic mass is 9.93. The van der Waals surface area contributed by atoms with E-state index in [-0.39, 0.29) is 59.1 Å². The van der Waals surface area contributed by atoms with E-state index in [0.717, 1.165) is 90.6 Å². The van der Waals surface area contributed by atoms with Crippen molar-refractivity contribution >= 4 is 51.6 Å². The quantitative estimate of drug-likeness (QED) is 0.0909. The van der Waals surface area contributed by atoms with Crippen molar-refractivity contribution in [2.24, 2.45) is 5.92 Å². The summed E-state index contributed by atoms with van der Waals surface area (Å²) in [7, 11) is 2.12. The molecule has 0 radical (unpaired) electrons. The number of alkyl halides is 3. The van der Waals surface area contributed by atoms with E-state index in [9.17, 15) is 43.0 Å². The molecule has 4 saturated heterocycles. The summed E-state index contributed by atoms with van der Waals surface area (Å²) in [6.45, 7) is 12.3. The molecular weight excluding hydrogens is 1120 g/mol. The molecule has 0 unspecified atom stereocenters. The van der Waals surface area contributed by atoms with Gasteiger partial charge in [0, 0.05) is 112 Å². The van der Waals surface area contributed by atoms with E-state index in [4.69, 9.17) is 26.3 Å². The first kappa shape index (κ1) is 58.7. The SMILES string of the molecule is C=CC(=O)N1CCN(c2nc(OC[C@@H]3C[C@H](N4CCC(C(=O)N5CCN(Cc6ccc(-n7c(C(=O)NCC(F)(F)F)nnc7-c7cc(C)c(O)cc7O)cc6)CC5)CC4)CN3C)nc3c2CCN(c2cccc4cccc(Cl)c24)C3)C[C@@H]1CC#N. The highest BCUT2D eigenvalue weighted by Gasteiger charge is 2.39. The number of rotatable bonds is 15. The number of fused-ring (bicyclic) bond motifs is 2. The first-order valence-corrected chi connectivity index (χ1v) is 29.2. The van der Waals surface area contributed by atoms with Crippen LogP contribution in [0.1, 0.15) is 58.7 Å². The van der Waals surface area contributed by atoms with E-state index in [1.807, 2.05) is 40.5 Å². The average Bonchev–Trinajstić information content (AvgIpc) is 2.72. The molecule has 5 aliphatic rings. The molecule has 0 aliphatic carbocycles. The van der Waals surface area contributed by atoms with Crippen molar-refractivity contribution in [2.75, 3.05) is 102 Å². The molecule has 2 aromatic heterocycles. The van der Waals surface area contributed by atoms with E-state index in [1.54, 1.807) is 24.0 Å². The number of likely N-dealkylation sites (tertiary alicyclic amines) is 2. The number of nitriles is 1. The van der Waals surface area contributed by atoms with Crippen molar-refractivity contribution in [1.82, 2.24) is 54.5 Å². The van der Waals surface area contributed by atoms with Crippen molar-refractivity contribution < 1.29 is 42.5 Å². The fraction of sp³-hybridized carbons (Fsp3) is 0.443. The van der Waals surface area contributed by atoms with Crippen LogP contribution in [0.15, 0.2) is 85.5 Å². The third kappa shape index (κ3) is 12.7. The van der Waals surface area contributed by atoms with Gasteiger partial charge in [-0.2, -0.15) is 28.4 Å². The number of aromatic nitrogens is 5. The van der Waals surface area contributed by atoms with E-state index in [0.29, 0.717) is 100 Å². The third-order valence-corrected chi connectivity index (χ3v) is 17.7. The van der Waals surface area contributed by atoms with Gasteiger partial charge in [0.2, 0.25) is 17.6 Å². The zero-order valence-electron chi connectivity index (χ0n) is 47.5. The molecule has 0 bridgehead atoms. The molecule has 4 fully saturated rings. The van der Waals surface area contributed by atoms with Crippen LogP contribution < -0.4 is 19.9 Å². The van der Waals surface area contributed by atoms with Gasteiger partial charge in [-0.25, -0.2) is 0 Å². The van der Waals surface area contributed by atoms with Crippen LogP contribution in [0, 0.1) is 24.2 Å². The zero-order chi connectivity index (χ0) is 59.7. The van der Waals surface area contributed by atoms with Gasteiger partial charge in [-0.15, -0.1) is 10.2 Å². The maximum Gasteiger partial charge on any atom is 0.405 e. The molecule has 5 aliphatic heterocycles. The maximum absolute atomic E-state index is 14.0. The van der Waals surface area contributed by atoms with Crippen molar-refractivity contribution in [1.29, 1.82) is 5.26 Å². The highest BCUT2D eigenvalue weighted by molar-refractivity contribution is 6.36. The van der Waals surface area contributed by atoms with Gasteiger partial charge in [0.05, 0.1) is 41.4 Å². The summed E-state index contributed by atoms with van der Waals surface area (Å²) < 4.78 is 47.1. The van der Waals surface area contributed by atoms with E-state index >= 15 is 0 Å². The van der Waals surface area contributed by atoms with Crippen LogP contribution in [0.25, 0.3) is 27.8 Å². The number of aromatic hydroxyl groups is 2. The maximum atomic E-state index is 14.0. The summed E-state index contributed by atoms with van der Waals surface area (Å²) in [5, 5.41) is 43.3.